The van der Waals surface area contributed by atoms with Gasteiger partial charge in [-0.15, -0.1) is 0 Å². The first-order valence-corrected chi connectivity index (χ1v) is 32.7. The molecule has 0 amide bonds. The molecule has 6 heteroatoms. The monoisotopic (exact) mass is 1090 g/mol. The molecule has 0 rings (SSSR count). The van der Waals surface area contributed by atoms with Crippen molar-refractivity contribution in [3.8, 4) is 0 Å². The van der Waals surface area contributed by atoms with Gasteiger partial charge in [0.25, 0.3) is 0 Å². The van der Waals surface area contributed by atoms with E-state index < -0.39 is 12.1 Å². The minimum Gasteiger partial charge on any atom is -0.462 e. The van der Waals surface area contributed by atoms with Gasteiger partial charge < -0.3 is 14.2 Å². The van der Waals surface area contributed by atoms with E-state index in [2.05, 4.69) is 148 Å². The summed E-state index contributed by atoms with van der Waals surface area (Å²) >= 11 is 0. The standard InChI is InChI=1S/C73H120O6/c1-4-7-10-13-16-19-22-25-28-31-33-34-35-36-37-38-40-42-45-48-51-54-57-60-63-66-72(75)78-69-70(68-77-71(74)65-62-59-56-53-50-47-44-41-30-27-24-21-18-15-12-9-6-3)79-73(76)67-64-61-58-55-52-49-46-43-39-32-29-26-23-20-17-14-11-8-5-2/h8-9,11-12,17-18,20-21,26-27,29-31,33,39,43-44,47,49,52,58,61,70H,4-7,10,13-16,19,22-25,28,32,34-38,40-42,45-46,48,50-51,53-57,59-60,62-69H2,1-3H3/b11-8-,12-9-,20-17-,21-18-,29-26-,30-27-,33-31-,43-39-,47-44-,52-49-,61-58-. The smallest absolute Gasteiger partial charge is 0.306 e. The van der Waals surface area contributed by atoms with Crippen LogP contribution in [-0.4, -0.2) is 37.2 Å². The van der Waals surface area contributed by atoms with E-state index in [0.29, 0.717) is 19.3 Å². The highest BCUT2D eigenvalue weighted by molar-refractivity contribution is 5.71. The molecule has 0 saturated carbocycles. The third-order valence-corrected chi connectivity index (χ3v) is 13.6. The van der Waals surface area contributed by atoms with Gasteiger partial charge >= 0.3 is 17.9 Å². The Hall–Kier alpha value is -4.45. The second-order valence-electron chi connectivity index (χ2n) is 21.3. The maximum Gasteiger partial charge on any atom is 0.306 e. The van der Waals surface area contributed by atoms with Gasteiger partial charge in [-0.3, -0.25) is 14.4 Å². The maximum absolute atomic E-state index is 12.9. The third kappa shape index (κ3) is 64.3. The van der Waals surface area contributed by atoms with Crippen molar-refractivity contribution < 1.29 is 28.6 Å². The van der Waals surface area contributed by atoms with Crippen LogP contribution in [0.4, 0.5) is 0 Å². The summed E-state index contributed by atoms with van der Waals surface area (Å²) in [5.74, 6) is -1.03. The summed E-state index contributed by atoms with van der Waals surface area (Å²) in [7, 11) is 0. The van der Waals surface area contributed by atoms with E-state index in [1.165, 1.54) is 128 Å². The first-order valence-electron chi connectivity index (χ1n) is 32.7. The van der Waals surface area contributed by atoms with Crippen molar-refractivity contribution >= 4 is 17.9 Å². The number of unbranched alkanes of at least 4 members (excludes halogenated alkanes) is 25. The lowest BCUT2D eigenvalue weighted by atomic mass is 10.0. The SMILES string of the molecule is CC/C=C\C/C=C\C/C=C\C/C=C\C/C=C\C/C=C\CCC(=O)OC(COC(=O)CCCCCC/C=C\C/C=C\C/C=C\C/C=C\CC)COC(=O)CCCCCCCCCCCCCCC/C=C\CCCCCCCCCC. The van der Waals surface area contributed by atoms with Gasteiger partial charge in [0.15, 0.2) is 6.10 Å². The average molecular weight is 1090 g/mol. The number of carbonyl (C=O) groups is 3. The van der Waals surface area contributed by atoms with Crippen LogP contribution < -0.4 is 0 Å². The molecule has 1 unspecified atom stereocenters. The normalized spacial score (nSPS) is 13.0. The molecule has 0 N–H and O–H groups in total. The molecule has 0 aliphatic heterocycles. The Balaban J connectivity index is 4.46. The summed E-state index contributed by atoms with van der Waals surface area (Å²) in [6, 6.07) is 0. The van der Waals surface area contributed by atoms with Gasteiger partial charge in [-0.05, 0) is 122 Å². The molecular formula is C73H120O6. The van der Waals surface area contributed by atoms with Crippen LogP contribution in [0.1, 0.15) is 290 Å². The number of hydrogen-bond acceptors (Lipinski definition) is 6. The topological polar surface area (TPSA) is 78.9 Å². The number of rotatable bonds is 58. The Morgan fingerprint density at radius 1 is 0.266 bits per heavy atom. The van der Waals surface area contributed by atoms with Gasteiger partial charge in [0.2, 0.25) is 0 Å². The fourth-order valence-corrected chi connectivity index (χ4v) is 8.81. The molecule has 6 nitrogen and oxygen atoms in total. The second-order valence-corrected chi connectivity index (χ2v) is 21.3. The zero-order valence-electron chi connectivity index (χ0n) is 51.3. The number of hydrogen-bond donors (Lipinski definition) is 0. The molecule has 0 saturated heterocycles. The molecule has 1 atom stereocenters. The number of esters is 3. The Bertz CT molecular complexity index is 1680. The van der Waals surface area contributed by atoms with E-state index in [9.17, 15) is 14.4 Å². The Morgan fingerprint density at radius 2 is 0.519 bits per heavy atom. The molecule has 448 valence electrons. The lowest BCUT2D eigenvalue weighted by Crippen LogP contribution is -2.30. The predicted octanol–water partition coefficient (Wildman–Crippen LogP) is 22.5. The first-order chi connectivity index (χ1) is 39.0. The van der Waals surface area contributed by atoms with E-state index in [4.69, 9.17) is 14.2 Å². The van der Waals surface area contributed by atoms with E-state index >= 15 is 0 Å². The highest BCUT2D eigenvalue weighted by Gasteiger charge is 2.19. The Morgan fingerprint density at radius 3 is 0.835 bits per heavy atom. The van der Waals surface area contributed by atoms with Crippen LogP contribution in [0, 0.1) is 0 Å². The van der Waals surface area contributed by atoms with Crippen LogP contribution in [0.5, 0.6) is 0 Å². The summed E-state index contributed by atoms with van der Waals surface area (Å²) in [5, 5.41) is 0. The molecule has 0 radical (unpaired) electrons. The summed E-state index contributed by atoms with van der Waals surface area (Å²) in [4.78, 5) is 38.3. The third-order valence-electron chi connectivity index (χ3n) is 13.6. The minimum atomic E-state index is -0.835. The van der Waals surface area contributed by atoms with Crippen molar-refractivity contribution in [3.63, 3.8) is 0 Å². The molecule has 0 aliphatic rings. The van der Waals surface area contributed by atoms with Crippen molar-refractivity contribution in [1.82, 2.24) is 0 Å². The molecule has 0 aromatic carbocycles. The molecule has 0 fully saturated rings. The van der Waals surface area contributed by atoms with Crippen LogP contribution in [0.15, 0.2) is 134 Å². The minimum absolute atomic E-state index is 0.119. The molecule has 0 heterocycles. The molecule has 0 aliphatic carbocycles. The van der Waals surface area contributed by atoms with Crippen LogP contribution in [0.3, 0.4) is 0 Å². The zero-order chi connectivity index (χ0) is 57.1. The van der Waals surface area contributed by atoms with Crippen molar-refractivity contribution in [2.75, 3.05) is 13.2 Å². The number of allylic oxidation sites excluding steroid dienone is 22. The van der Waals surface area contributed by atoms with Gasteiger partial charge in [0.1, 0.15) is 13.2 Å². The Kier molecular flexibility index (Phi) is 62.3. The van der Waals surface area contributed by atoms with Crippen LogP contribution in [0.2, 0.25) is 0 Å². The predicted molar refractivity (Wildman–Crippen MR) is 343 cm³/mol. The molecule has 0 aromatic heterocycles. The van der Waals surface area contributed by atoms with Gasteiger partial charge in [0, 0.05) is 19.3 Å². The lowest BCUT2D eigenvalue weighted by molar-refractivity contribution is -0.166. The zero-order valence-corrected chi connectivity index (χ0v) is 51.3. The molecule has 0 bridgehead atoms. The van der Waals surface area contributed by atoms with E-state index in [1.54, 1.807) is 0 Å². The van der Waals surface area contributed by atoms with Crippen LogP contribution in [-0.2, 0) is 28.6 Å². The fraction of sp³-hybridized carbons (Fsp3) is 0.658. The van der Waals surface area contributed by atoms with Gasteiger partial charge in [-0.25, -0.2) is 0 Å². The fourth-order valence-electron chi connectivity index (χ4n) is 8.81. The lowest BCUT2D eigenvalue weighted by Gasteiger charge is -2.18. The Labute approximate surface area is 487 Å². The largest absolute Gasteiger partial charge is 0.462 e. The summed E-state index contributed by atoms with van der Waals surface area (Å²) in [5.41, 5.74) is 0. The molecule has 0 aromatic rings. The first kappa shape index (κ1) is 74.5. The summed E-state index contributed by atoms with van der Waals surface area (Å²) < 4.78 is 16.8. The highest BCUT2D eigenvalue weighted by Crippen LogP contribution is 2.16. The van der Waals surface area contributed by atoms with Crippen LogP contribution >= 0.6 is 0 Å². The van der Waals surface area contributed by atoms with Crippen LogP contribution in [0.25, 0.3) is 0 Å². The van der Waals surface area contributed by atoms with Gasteiger partial charge in [-0.1, -0.05) is 283 Å². The number of ether oxygens (including phenoxy) is 3. The van der Waals surface area contributed by atoms with Gasteiger partial charge in [-0.2, -0.15) is 0 Å². The molecule has 79 heavy (non-hydrogen) atoms. The van der Waals surface area contributed by atoms with Crippen molar-refractivity contribution in [2.24, 2.45) is 0 Å². The summed E-state index contributed by atoms with van der Waals surface area (Å²) in [6.07, 6.45) is 93.3. The number of carbonyl (C=O) groups excluding carboxylic acids is 3. The second kappa shape index (κ2) is 66.1. The van der Waals surface area contributed by atoms with Crippen molar-refractivity contribution in [2.45, 2.75) is 297 Å². The van der Waals surface area contributed by atoms with E-state index in [1.807, 2.05) is 6.08 Å². The highest BCUT2D eigenvalue weighted by atomic mass is 16.6. The summed E-state index contributed by atoms with van der Waals surface area (Å²) in [6.45, 7) is 6.35. The van der Waals surface area contributed by atoms with E-state index in [0.717, 1.165) is 116 Å². The quantitative estimate of drug-likeness (QED) is 0.0261. The molecular weight excluding hydrogens is 973 g/mol. The van der Waals surface area contributed by atoms with E-state index in [-0.39, 0.29) is 31.6 Å². The molecule has 0 spiro atoms. The van der Waals surface area contributed by atoms with Crippen molar-refractivity contribution in [1.29, 1.82) is 0 Å². The maximum atomic E-state index is 12.9. The van der Waals surface area contributed by atoms with Gasteiger partial charge in [0.05, 0.1) is 0 Å². The average Bonchev–Trinajstić information content (AvgIpc) is 3.45. The van der Waals surface area contributed by atoms with Crippen molar-refractivity contribution in [3.05, 3.63) is 134 Å².